The average molecular weight is 266 g/mol. The Morgan fingerprint density at radius 2 is 1.32 bits per heavy atom. The Labute approximate surface area is 120 Å². The molecule has 1 nitrogen and oxygen atoms in total. The molecule has 0 saturated carbocycles. The Morgan fingerprint density at radius 1 is 0.789 bits per heavy atom. The second-order valence-electron chi connectivity index (χ2n) is 5.97. The first-order valence-corrected chi connectivity index (χ1v) is 8.70. The van der Waals surface area contributed by atoms with E-state index in [1.54, 1.807) is 0 Å². The second-order valence-corrected chi connectivity index (χ2v) is 5.97. The molecule has 0 bridgehead atoms. The highest BCUT2D eigenvalue weighted by molar-refractivity contribution is 4.81. The lowest BCUT2D eigenvalue weighted by Gasteiger charge is -1.98. The first kappa shape index (κ1) is 16.8. The predicted molar refractivity (Wildman–Crippen MR) is 84.6 cm³/mol. The standard InChI is InChI=1S/C18H34O/c1-2-3-4-5-6-7-8-9-10-11-12-13-14-15-16-18-17-19-18/h9-10,18H,2-8,11-17H2,1H3/b10-9-. The van der Waals surface area contributed by atoms with Gasteiger partial charge in [0.2, 0.25) is 0 Å². The third-order valence-electron chi connectivity index (χ3n) is 3.94. The van der Waals surface area contributed by atoms with Gasteiger partial charge in [0.05, 0.1) is 12.7 Å². The molecule has 1 aliphatic heterocycles. The number of unbranched alkanes of at least 4 members (excludes halogenated alkanes) is 10. The minimum Gasteiger partial charge on any atom is -0.373 e. The average Bonchev–Trinajstić information content (AvgIpc) is 3.23. The molecule has 0 aliphatic carbocycles. The van der Waals surface area contributed by atoms with Gasteiger partial charge in [-0.15, -0.1) is 0 Å². The molecule has 0 aromatic heterocycles. The number of rotatable bonds is 14. The summed E-state index contributed by atoms with van der Waals surface area (Å²) in [5, 5.41) is 0. The molecule has 0 amide bonds. The van der Waals surface area contributed by atoms with Crippen LogP contribution in [0.15, 0.2) is 12.2 Å². The Bertz CT molecular complexity index is 206. The van der Waals surface area contributed by atoms with Gasteiger partial charge in [-0.2, -0.15) is 0 Å². The van der Waals surface area contributed by atoms with Gasteiger partial charge in [0, 0.05) is 0 Å². The molecule has 1 fully saturated rings. The first-order valence-electron chi connectivity index (χ1n) is 8.70. The zero-order valence-corrected chi connectivity index (χ0v) is 13.0. The van der Waals surface area contributed by atoms with Gasteiger partial charge in [0.25, 0.3) is 0 Å². The summed E-state index contributed by atoms with van der Waals surface area (Å²) in [6.07, 6.45) is 23.3. The van der Waals surface area contributed by atoms with E-state index < -0.39 is 0 Å². The van der Waals surface area contributed by atoms with Crippen molar-refractivity contribution >= 4 is 0 Å². The number of epoxide rings is 1. The molecule has 19 heavy (non-hydrogen) atoms. The van der Waals surface area contributed by atoms with Crippen LogP contribution in [0, 0.1) is 0 Å². The molecule has 0 aromatic rings. The molecule has 1 unspecified atom stereocenters. The fourth-order valence-electron chi connectivity index (χ4n) is 2.50. The van der Waals surface area contributed by atoms with E-state index in [9.17, 15) is 0 Å². The van der Waals surface area contributed by atoms with E-state index >= 15 is 0 Å². The van der Waals surface area contributed by atoms with Crippen molar-refractivity contribution < 1.29 is 4.74 Å². The van der Waals surface area contributed by atoms with Crippen molar-refractivity contribution in [3.8, 4) is 0 Å². The second kappa shape index (κ2) is 12.7. The lowest BCUT2D eigenvalue weighted by Crippen LogP contribution is -1.85. The molecular weight excluding hydrogens is 232 g/mol. The maximum Gasteiger partial charge on any atom is 0.0810 e. The van der Waals surface area contributed by atoms with Crippen molar-refractivity contribution in [3.63, 3.8) is 0 Å². The minimum absolute atomic E-state index is 0.636. The molecule has 1 saturated heterocycles. The molecule has 1 heteroatoms. The van der Waals surface area contributed by atoms with Crippen LogP contribution in [-0.2, 0) is 4.74 Å². The van der Waals surface area contributed by atoms with E-state index in [0.29, 0.717) is 6.10 Å². The molecule has 1 aliphatic rings. The molecular formula is C18H34O. The lowest BCUT2D eigenvalue weighted by atomic mass is 10.1. The zero-order chi connectivity index (χ0) is 13.6. The van der Waals surface area contributed by atoms with E-state index in [1.165, 1.54) is 83.5 Å². The van der Waals surface area contributed by atoms with Crippen LogP contribution >= 0.6 is 0 Å². The van der Waals surface area contributed by atoms with Crippen LogP contribution in [-0.4, -0.2) is 12.7 Å². The Morgan fingerprint density at radius 3 is 1.89 bits per heavy atom. The number of ether oxygens (including phenoxy) is 1. The number of allylic oxidation sites excluding steroid dienone is 2. The van der Waals surface area contributed by atoms with Crippen LogP contribution in [0.25, 0.3) is 0 Å². The maximum atomic E-state index is 5.21. The summed E-state index contributed by atoms with van der Waals surface area (Å²) in [5.74, 6) is 0. The van der Waals surface area contributed by atoms with Crippen LogP contribution < -0.4 is 0 Å². The quantitative estimate of drug-likeness (QED) is 0.212. The first-order chi connectivity index (χ1) is 9.43. The van der Waals surface area contributed by atoms with Crippen LogP contribution in [0.5, 0.6) is 0 Å². The zero-order valence-electron chi connectivity index (χ0n) is 13.0. The summed E-state index contributed by atoms with van der Waals surface area (Å²) >= 11 is 0. The van der Waals surface area contributed by atoms with E-state index in [2.05, 4.69) is 19.1 Å². The number of hydrogen-bond donors (Lipinski definition) is 0. The van der Waals surface area contributed by atoms with Gasteiger partial charge in [0.1, 0.15) is 0 Å². The van der Waals surface area contributed by atoms with Gasteiger partial charge >= 0.3 is 0 Å². The van der Waals surface area contributed by atoms with Gasteiger partial charge in [-0.1, -0.05) is 70.4 Å². The molecule has 1 heterocycles. The molecule has 0 N–H and O–H groups in total. The van der Waals surface area contributed by atoms with Gasteiger partial charge in [-0.3, -0.25) is 0 Å². The summed E-state index contributed by atoms with van der Waals surface area (Å²) in [4.78, 5) is 0. The highest BCUT2D eigenvalue weighted by Crippen LogP contribution is 2.17. The van der Waals surface area contributed by atoms with Gasteiger partial charge in [-0.25, -0.2) is 0 Å². The van der Waals surface area contributed by atoms with Gasteiger partial charge in [0.15, 0.2) is 0 Å². The molecule has 1 atom stereocenters. The highest BCUT2D eigenvalue weighted by atomic mass is 16.6. The third-order valence-corrected chi connectivity index (χ3v) is 3.94. The molecule has 0 spiro atoms. The fraction of sp³-hybridized carbons (Fsp3) is 0.889. The van der Waals surface area contributed by atoms with Crippen LogP contribution in [0.3, 0.4) is 0 Å². The van der Waals surface area contributed by atoms with Gasteiger partial charge in [-0.05, 0) is 32.1 Å². The van der Waals surface area contributed by atoms with Crippen molar-refractivity contribution in [2.24, 2.45) is 0 Å². The largest absolute Gasteiger partial charge is 0.373 e. The van der Waals surface area contributed by atoms with Crippen molar-refractivity contribution in [1.29, 1.82) is 0 Å². The van der Waals surface area contributed by atoms with Crippen molar-refractivity contribution in [2.45, 2.75) is 96.5 Å². The van der Waals surface area contributed by atoms with Crippen molar-refractivity contribution in [2.75, 3.05) is 6.61 Å². The lowest BCUT2D eigenvalue weighted by molar-refractivity contribution is 0.388. The van der Waals surface area contributed by atoms with E-state index in [0.717, 1.165) is 6.61 Å². The third kappa shape index (κ3) is 12.5. The SMILES string of the molecule is CCCCCCCC/C=C\CCCCCCC1CO1. The van der Waals surface area contributed by atoms with E-state index in [-0.39, 0.29) is 0 Å². The molecule has 0 radical (unpaired) electrons. The Balaban J connectivity index is 1.67. The van der Waals surface area contributed by atoms with E-state index in [4.69, 9.17) is 4.74 Å². The van der Waals surface area contributed by atoms with Crippen molar-refractivity contribution in [3.05, 3.63) is 12.2 Å². The molecule has 1 rings (SSSR count). The Kier molecular flexibility index (Phi) is 11.2. The monoisotopic (exact) mass is 266 g/mol. The fourth-order valence-corrected chi connectivity index (χ4v) is 2.50. The Hall–Kier alpha value is -0.300. The maximum absolute atomic E-state index is 5.21. The summed E-state index contributed by atoms with van der Waals surface area (Å²) < 4.78 is 5.21. The topological polar surface area (TPSA) is 12.5 Å². The van der Waals surface area contributed by atoms with Crippen molar-refractivity contribution in [1.82, 2.24) is 0 Å². The van der Waals surface area contributed by atoms with Crippen LogP contribution in [0.1, 0.15) is 90.4 Å². The minimum atomic E-state index is 0.636. The van der Waals surface area contributed by atoms with Crippen LogP contribution in [0.2, 0.25) is 0 Å². The normalized spacial score (nSPS) is 18.3. The number of hydrogen-bond acceptors (Lipinski definition) is 1. The molecule has 0 aromatic carbocycles. The summed E-state index contributed by atoms with van der Waals surface area (Å²) in [6, 6.07) is 0. The predicted octanol–water partition coefficient (Wildman–Crippen LogP) is 6.03. The van der Waals surface area contributed by atoms with E-state index in [1.807, 2.05) is 0 Å². The summed E-state index contributed by atoms with van der Waals surface area (Å²) in [5.41, 5.74) is 0. The smallest absolute Gasteiger partial charge is 0.0810 e. The summed E-state index contributed by atoms with van der Waals surface area (Å²) in [7, 11) is 0. The van der Waals surface area contributed by atoms with Gasteiger partial charge < -0.3 is 4.74 Å². The van der Waals surface area contributed by atoms with Crippen LogP contribution in [0.4, 0.5) is 0 Å². The highest BCUT2D eigenvalue weighted by Gasteiger charge is 2.20. The molecule has 112 valence electrons. The summed E-state index contributed by atoms with van der Waals surface area (Å²) in [6.45, 7) is 3.31.